The number of allylic oxidation sites excluding steroid dienone is 1. The molecule has 0 aliphatic rings. The largest absolute Gasteiger partial charge is 0.387 e. The van der Waals surface area contributed by atoms with Crippen LogP contribution in [0.3, 0.4) is 0 Å². The average molecular weight is 328 g/mol. The Balaban J connectivity index is 3.54. The van der Waals surface area contributed by atoms with E-state index in [1.807, 2.05) is 13.0 Å². The summed E-state index contributed by atoms with van der Waals surface area (Å²) in [5, 5.41) is 12.7. The van der Waals surface area contributed by atoms with Crippen LogP contribution >= 0.6 is 0 Å². The smallest absolute Gasteiger partial charge is 0.219 e. The first-order valence-corrected chi connectivity index (χ1v) is 9.29. The number of nitrogens with one attached hydrogen (secondary N) is 1. The van der Waals surface area contributed by atoms with Crippen molar-refractivity contribution < 1.29 is 14.4 Å². The summed E-state index contributed by atoms with van der Waals surface area (Å²) >= 11 is 0. The summed E-state index contributed by atoms with van der Waals surface area (Å²) in [5.74, 6) is 0.176. The van der Waals surface area contributed by atoms with Gasteiger partial charge >= 0.3 is 0 Å². The van der Waals surface area contributed by atoms with Gasteiger partial charge in [-0.15, -0.1) is 6.58 Å². The van der Waals surface area contributed by atoms with E-state index in [-0.39, 0.29) is 12.0 Å². The van der Waals surface area contributed by atoms with Crippen LogP contribution in [0.15, 0.2) is 12.7 Å². The zero-order chi connectivity index (χ0) is 17.6. The van der Waals surface area contributed by atoms with Crippen LogP contribution in [0.25, 0.3) is 0 Å². The van der Waals surface area contributed by atoms with Crippen LogP contribution in [0.5, 0.6) is 0 Å². The van der Waals surface area contributed by atoms with Crippen LogP contribution in [0.4, 0.5) is 0 Å². The number of aliphatic hydroxyl groups is 1. The van der Waals surface area contributed by atoms with Crippen molar-refractivity contribution in [1.82, 2.24) is 5.32 Å². The fourth-order valence-corrected chi connectivity index (χ4v) is 2.72. The highest BCUT2D eigenvalue weighted by molar-refractivity contribution is 5.75. The highest BCUT2D eigenvalue weighted by Gasteiger charge is 2.18. The third-order valence-electron chi connectivity index (χ3n) is 4.25. The summed E-state index contributed by atoms with van der Waals surface area (Å²) < 4.78 is 0.801. The molecule has 0 radical (unpaired) electrons. The van der Waals surface area contributed by atoms with Gasteiger partial charge in [-0.05, 0) is 25.7 Å². The monoisotopic (exact) mass is 327 g/mol. The summed E-state index contributed by atoms with van der Waals surface area (Å²) in [7, 11) is 4.26. The highest BCUT2D eigenvalue weighted by atomic mass is 16.3. The molecule has 0 saturated carbocycles. The molecular weight excluding hydrogens is 288 g/mol. The molecule has 0 aliphatic carbocycles. The second-order valence-electron chi connectivity index (χ2n) is 7.20. The van der Waals surface area contributed by atoms with Gasteiger partial charge in [-0.1, -0.05) is 32.3 Å². The Kier molecular flexibility index (Phi) is 13.0. The Morgan fingerprint density at radius 3 is 2.48 bits per heavy atom. The number of hydrogen-bond acceptors (Lipinski definition) is 2. The molecule has 0 saturated heterocycles. The molecule has 0 aromatic heterocycles. The number of rotatable bonds is 15. The predicted molar refractivity (Wildman–Crippen MR) is 98.3 cm³/mol. The van der Waals surface area contributed by atoms with E-state index in [1.165, 1.54) is 19.3 Å². The molecular formula is C19H39N2O2+. The molecule has 1 atom stereocenters. The maximum atomic E-state index is 11.8. The van der Waals surface area contributed by atoms with Crippen LogP contribution in [0.2, 0.25) is 0 Å². The van der Waals surface area contributed by atoms with Gasteiger partial charge in [-0.25, -0.2) is 0 Å². The van der Waals surface area contributed by atoms with Crippen molar-refractivity contribution in [2.75, 3.05) is 33.7 Å². The Labute approximate surface area is 143 Å². The molecule has 0 aromatic rings. The van der Waals surface area contributed by atoms with Gasteiger partial charge in [0.1, 0.15) is 12.6 Å². The molecule has 1 unspecified atom stereocenters. The van der Waals surface area contributed by atoms with Gasteiger partial charge in [-0.2, -0.15) is 0 Å². The number of aliphatic hydroxyl groups excluding tert-OH is 1. The zero-order valence-electron chi connectivity index (χ0n) is 15.6. The molecule has 0 aliphatic heterocycles. The number of unbranched alkanes of at least 4 members (excludes halogenated alkanes) is 5. The van der Waals surface area contributed by atoms with Crippen LogP contribution < -0.4 is 5.32 Å². The van der Waals surface area contributed by atoms with Crippen molar-refractivity contribution in [3.8, 4) is 0 Å². The van der Waals surface area contributed by atoms with Gasteiger partial charge in [-0.3, -0.25) is 4.79 Å². The molecule has 4 nitrogen and oxygen atoms in total. The molecule has 4 heteroatoms. The molecule has 23 heavy (non-hydrogen) atoms. The molecule has 1 amide bonds. The Hall–Kier alpha value is -0.870. The lowest BCUT2D eigenvalue weighted by atomic mass is 10.1. The normalized spacial score (nSPS) is 12.9. The van der Waals surface area contributed by atoms with E-state index < -0.39 is 0 Å². The number of amides is 1. The lowest BCUT2D eigenvalue weighted by molar-refractivity contribution is -0.893. The second-order valence-corrected chi connectivity index (χ2v) is 7.20. The lowest BCUT2D eigenvalue weighted by Crippen LogP contribution is -2.46. The van der Waals surface area contributed by atoms with Crippen LogP contribution in [-0.2, 0) is 4.79 Å². The van der Waals surface area contributed by atoms with Crippen molar-refractivity contribution in [3.63, 3.8) is 0 Å². The fraction of sp³-hybridized carbons (Fsp3) is 0.842. The average Bonchev–Trinajstić information content (AvgIpc) is 2.50. The second kappa shape index (κ2) is 13.6. The van der Waals surface area contributed by atoms with E-state index in [9.17, 15) is 9.90 Å². The molecule has 0 fully saturated rings. The van der Waals surface area contributed by atoms with E-state index in [2.05, 4.69) is 26.0 Å². The van der Waals surface area contributed by atoms with Gasteiger partial charge in [0.2, 0.25) is 5.91 Å². The van der Waals surface area contributed by atoms with Crippen molar-refractivity contribution in [1.29, 1.82) is 0 Å². The quantitative estimate of drug-likeness (QED) is 0.275. The maximum Gasteiger partial charge on any atom is 0.219 e. The molecule has 2 N–H and O–H groups in total. The lowest BCUT2D eigenvalue weighted by Gasteiger charge is -2.31. The molecule has 0 rings (SSSR count). The van der Waals surface area contributed by atoms with Crippen molar-refractivity contribution in [3.05, 3.63) is 12.7 Å². The summed E-state index contributed by atoms with van der Waals surface area (Å²) in [4.78, 5) is 11.8. The van der Waals surface area contributed by atoms with Gasteiger partial charge in [0, 0.05) is 19.4 Å². The standard InChI is InChI=1S/C19H38N2O2/c1-5-7-8-9-10-11-12-14-19(23)20-15-13-16-21(3,4)17-18(22)6-2/h5,18,22H,1,6-17H2,2-4H3/p+1. The number of hydrogen-bond donors (Lipinski definition) is 2. The minimum Gasteiger partial charge on any atom is -0.387 e. The predicted octanol–water partition coefficient (Wildman–Crippen LogP) is 3.26. The molecule has 0 spiro atoms. The van der Waals surface area contributed by atoms with Crippen LogP contribution in [0, 0.1) is 0 Å². The Bertz CT molecular complexity index is 316. The van der Waals surface area contributed by atoms with Crippen molar-refractivity contribution in [2.24, 2.45) is 0 Å². The third kappa shape index (κ3) is 14.5. The van der Waals surface area contributed by atoms with E-state index in [0.29, 0.717) is 6.42 Å². The SMILES string of the molecule is C=CCCCCCCCC(=O)NCCC[N+](C)(C)CC(O)CC. The fourth-order valence-electron chi connectivity index (χ4n) is 2.72. The summed E-state index contributed by atoms with van der Waals surface area (Å²) in [5.41, 5.74) is 0. The van der Waals surface area contributed by atoms with E-state index >= 15 is 0 Å². The van der Waals surface area contributed by atoms with E-state index in [0.717, 1.165) is 56.2 Å². The first-order valence-electron chi connectivity index (χ1n) is 9.29. The van der Waals surface area contributed by atoms with Gasteiger partial charge in [0.25, 0.3) is 0 Å². The zero-order valence-corrected chi connectivity index (χ0v) is 15.6. The summed E-state index contributed by atoms with van der Waals surface area (Å²) in [6.45, 7) is 8.21. The van der Waals surface area contributed by atoms with Crippen LogP contribution in [0.1, 0.15) is 64.7 Å². The first-order chi connectivity index (χ1) is 10.9. The molecule has 0 heterocycles. The third-order valence-corrected chi connectivity index (χ3v) is 4.25. The Morgan fingerprint density at radius 1 is 1.17 bits per heavy atom. The van der Waals surface area contributed by atoms with Crippen molar-refractivity contribution >= 4 is 5.91 Å². The van der Waals surface area contributed by atoms with Crippen LogP contribution in [-0.4, -0.2) is 55.3 Å². The highest BCUT2D eigenvalue weighted by Crippen LogP contribution is 2.07. The first kappa shape index (κ1) is 22.1. The number of nitrogens with zero attached hydrogens (tertiary/aromatic N) is 1. The minimum absolute atomic E-state index is 0.176. The van der Waals surface area contributed by atoms with E-state index in [1.54, 1.807) is 0 Å². The molecule has 0 aromatic carbocycles. The number of carbonyl (C=O) groups excluding carboxylic acids is 1. The Morgan fingerprint density at radius 2 is 1.83 bits per heavy atom. The van der Waals surface area contributed by atoms with Gasteiger partial charge in [0.05, 0.1) is 20.6 Å². The van der Waals surface area contributed by atoms with Gasteiger partial charge in [0.15, 0.2) is 0 Å². The number of likely N-dealkylation sites (N-methyl/N-ethyl adjacent to an activating group) is 1. The topological polar surface area (TPSA) is 49.3 Å². The summed E-state index contributed by atoms with van der Waals surface area (Å²) in [6.07, 6.45) is 11.0. The number of carbonyl (C=O) groups is 1. The van der Waals surface area contributed by atoms with Gasteiger partial charge < -0.3 is 14.9 Å². The van der Waals surface area contributed by atoms with E-state index in [4.69, 9.17) is 0 Å². The number of quaternary nitrogens is 1. The molecule has 136 valence electrons. The summed E-state index contributed by atoms with van der Waals surface area (Å²) in [6, 6.07) is 0. The van der Waals surface area contributed by atoms with Crippen molar-refractivity contribution in [2.45, 2.75) is 70.8 Å². The maximum absolute atomic E-state index is 11.8. The minimum atomic E-state index is -0.230. The molecule has 0 bridgehead atoms.